The first-order chi connectivity index (χ1) is 9.02. The van der Waals surface area contributed by atoms with Crippen LogP contribution in [0.5, 0.6) is 0 Å². The number of aryl methyl sites for hydroxylation is 1. The first kappa shape index (κ1) is 15.7. The summed E-state index contributed by atoms with van der Waals surface area (Å²) < 4.78 is 10.2. The van der Waals surface area contributed by atoms with E-state index in [0.717, 1.165) is 0 Å². The van der Waals surface area contributed by atoms with Gasteiger partial charge in [0.05, 0.1) is 18.9 Å². The van der Waals surface area contributed by atoms with E-state index in [9.17, 15) is 4.79 Å². The maximum atomic E-state index is 12.5. The average molecular weight is 270 g/mol. The molecule has 1 amide bonds. The molecule has 1 aromatic heterocycles. The monoisotopic (exact) mass is 270 g/mol. The highest BCUT2D eigenvalue weighted by Gasteiger charge is 2.26. The molecule has 1 rings (SSSR count). The molecule has 19 heavy (non-hydrogen) atoms. The van der Waals surface area contributed by atoms with Crippen molar-refractivity contribution in [2.24, 2.45) is 0 Å². The third-order valence-electron chi connectivity index (χ3n) is 2.85. The van der Waals surface area contributed by atoms with Crippen LogP contribution in [0.2, 0.25) is 0 Å². The van der Waals surface area contributed by atoms with Gasteiger partial charge in [0.1, 0.15) is 5.56 Å². The van der Waals surface area contributed by atoms with Crippen molar-refractivity contribution in [3.63, 3.8) is 0 Å². The van der Waals surface area contributed by atoms with Gasteiger partial charge in [-0.3, -0.25) is 4.79 Å². The number of amides is 1. The predicted octanol–water partition coefficient (Wildman–Crippen LogP) is 1.19. The Labute approximate surface area is 113 Å². The average Bonchev–Trinajstić information content (AvgIpc) is 2.75. The summed E-state index contributed by atoms with van der Waals surface area (Å²) in [5.74, 6) is 0.495. The lowest BCUT2D eigenvalue weighted by atomic mass is 10.0. The van der Waals surface area contributed by atoms with Crippen molar-refractivity contribution in [1.29, 1.82) is 0 Å². The number of aliphatic hydroxyl groups excluding tert-OH is 1. The second-order valence-electron chi connectivity index (χ2n) is 4.67. The Morgan fingerprint density at radius 2 is 2.16 bits per heavy atom. The third-order valence-corrected chi connectivity index (χ3v) is 2.85. The molecule has 108 valence electrons. The number of hydrogen-bond acceptors (Lipinski definition) is 5. The maximum absolute atomic E-state index is 12.5. The topological polar surface area (TPSA) is 75.8 Å². The SMILES string of the molecule is COCCN(CCO)C(=O)c1c(C)noc1C(C)C. The van der Waals surface area contributed by atoms with Crippen LogP contribution in [0.25, 0.3) is 0 Å². The molecular weight excluding hydrogens is 248 g/mol. The van der Waals surface area contributed by atoms with Gasteiger partial charge >= 0.3 is 0 Å². The summed E-state index contributed by atoms with van der Waals surface area (Å²) >= 11 is 0. The van der Waals surface area contributed by atoms with Crippen LogP contribution in [0.3, 0.4) is 0 Å². The van der Waals surface area contributed by atoms with E-state index in [2.05, 4.69) is 5.16 Å². The fourth-order valence-electron chi connectivity index (χ4n) is 1.84. The number of hydrogen-bond donors (Lipinski definition) is 1. The summed E-state index contributed by atoms with van der Waals surface area (Å²) in [6.07, 6.45) is 0. The van der Waals surface area contributed by atoms with Crippen molar-refractivity contribution in [2.75, 3.05) is 33.4 Å². The number of methoxy groups -OCH3 is 1. The van der Waals surface area contributed by atoms with E-state index >= 15 is 0 Å². The molecule has 0 bridgehead atoms. The number of aromatic nitrogens is 1. The second kappa shape index (κ2) is 7.25. The van der Waals surface area contributed by atoms with Crippen LogP contribution in [-0.2, 0) is 4.74 Å². The first-order valence-corrected chi connectivity index (χ1v) is 6.38. The Morgan fingerprint density at radius 1 is 1.47 bits per heavy atom. The van der Waals surface area contributed by atoms with Crippen LogP contribution in [-0.4, -0.2) is 54.5 Å². The van der Waals surface area contributed by atoms with Gasteiger partial charge in [-0.05, 0) is 6.92 Å². The maximum Gasteiger partial charge on any atom is 0.259 e. The van der Waals surface area contributed by atoms with Crippen LogP contribution >= 0.6 is 0 Å². The molecule has 0 unspecified atom stereocenters. The summed E-state index contributed by atoms with van der Waals surface area (Å²) in [5, 5.41) is 12.9. The number of carbonyl (C=O) groups is 1. The molecule has 0 saturated carbocycles. The van der Waals surface area contributed by atoms with Crippen LogP contribution < -0.4 is 0 Å². The summed E-state index contributed by atoms with van der Waals surface area (Å²) in [7, 11) is 1.58. The fraction of sp³-hybridized carbons (Fsp3) is 0.692. The summed E-state index contributed by atoms with van der Waals surface area (Å²) in [6, 6.07) is 0. The van der Waals surface area contributed by atoms with E-state index in [4.69, 9.17) is 14.4 Å². The van der Waals surface area contributed by atoms with Gasteiger partial charge in [-0.25, -0.2) is 0 Å². The molecule has 6 heteroatoms. The summed E-state index contributed by atoms with van der Waals surface area (Å²) in [6.45, 7) is 6.67. The molecule has 0 aliphatic heterocycles. The van der Waals surface area contributed by atoms with Gasteiger partial charge in [-0.15, -0.1) is 0 Å². The minimum Gasteiger partial charge on any atom is -0.395 e. The number of carbonyl (C=O) groups excluding carboxylic acids is 1. The lowest BCUT2D eigenvalue weighted by Gasteiger charge is -2.21. The van der Waals surface area contributed by atoms with Crippen molar-refractivity contribution in [3.05, 3.63) is 17.0 Å². The van der Waals surface area contributed by atoms with E-state index in [1.54, 1.807) is 18.9 Å². The first-order valence-electron chi connectivity index (χ1n) is 6.38. The van der Waals surface area contributed by atoms with E-state index in [1.807, 2.05) is 13.8 Å². The normalized spacial score (nSPS) is 11.1. The molecule has 1 N–H and O–H groups in total. The highest BCUT2D eigenvalue weighted by molar-refractivity contribution is 5.96. The fourth-order valence-corrected chi connectivity index (χ4v) is 1.84. The van der Waals surface area contributed by atoms with Crippen LogP contribution in [0.4, 0.5) is 0 Å². The minimum absolute atomic E-state index is 0.0820. The second-order valence-corrected chi connectivity index (χ2v) is 4.67. The Kier molecular flexibility index (Phi) is 5.98. The van der Waals surface area contributed by atoms with E-state index in [0.29, 0.717) is 30.2 Å². The Morgan fingerprint density at radius 3 is 2.68 bits per heavy atom. The number of nitrogens with zero attached hydrogens (tertiary/aromatic N) is 2. The molecule has 0 spiro atoms. The quantitative estimate of drug-likeness (QED) is 0.805. The molecule has 1 aromatic rings. The van der Waals surface area contributed by atoms with Crippen molar-refractivity contribution < 1.29 is 19.2 Å². The Balaban J connectivity index is 2.98. The lowest BCUT2D eigenvalue weighted by Crippen LogP contribution is -2.36. The molecule has 0 aliphatic rings. The zero-order valence-electron chi connectivity index (χ0n) is 12.0. The Bertz CT molecular complexity index is 415. The number of rotatable bonds is 7. The van der Waals surface area contributed by atoms with Crippen molar-refractivity contribution >= 4 is 5.91 Å². The zero-order chi connectivity index (χ0) is 14.4. The lowest BCUT2D eigenvalue weighted by molar-refractivity contribution is 0.0653. The molecule has 6 nitrogen and oxygen atoms in total. The molecule has 0 fully saturated rings. The van der Waals surface area contributed by atoms with Gasteiger partial charge in [-0.1, -0.05) is 19.0 Å². The van der Waals surface area contributed by atoms with E-state index < -0.39 is 0 Å². The predicted molar refractivity (Wildman–Crippen MR) is 70.2 cm³/mol. The zero-order valence-corrected chi connectivity index (χ0v) is 12.0. The van der Waals surface area contributed by atoms with Gasteiger partial charge in [0, 0.05) is 26.1 Å². The number of aliphatic hydroxyl groups is 1. The van der Waals surface area contributed by atoms with Gasteiger partial charge in [0.15, 0.2) is 5.76 Å². The van der Waals surface area contributed by atoms with E-state index in [1.165, 1.54) is 0 Å². The highest BCUT2D eigenvalue weighted by atomic mass is 16.5. The third kappa shape index (κ3) is 3.78. The molecule has 0 aromatic carbocycles. The summed E-state index contributed by atoms with van der Waals surface area (Å²) in [4.78, 5) is 14.1. The molecular formula is C13H22N2O4. The van der Waals surface area contributed by atoms with Crippen LogP contribution in [0, 0.1) is 6.92 Å². The summed E-state index contributed by atoms with van der Waals surface area (Å²) in [5.41, 5.74) is 1.08. The molecule has 1 heterocycles. The van der Waals surface area contributed by atoms with E-state index in [-0.39, 0.29) is 25.0 Å². The standard InChI is InChI=1S/C13H22N2O4/c1-9(2)12-11(10(3)14-19-12)13(17)15(5-7-16)6-8-18-4/h9,16H,5-8H2,1-4H3. The van der Waals surface area contributed by atoms with Gasteiger partial charge in [-0.2, -0.15) is 0 Å². The number of ether oxygens (including phenoxy) is 1. The van der Waals surface area contributed by atoms with Crippen LogP contribution in [0.1, 0.15) is 41.6 Å². The largest absolute Gasteiger partial charge is 0.395 e. The van der Waals surface area contributed by atoms with Crippen LogP contribution in [0.15, 0.2) is 4.52 Å². The van der Waals surface area contributed by atoms with Crippen molar-refractivity contribution in [1.82, 2.24) is 10.1 Å². The smallest absolute Gasteiger partial charge is 0.259 e. The molecule has 0 radical (unpaired) electrons. The van der Waals surface area contributed by atoms with Crippen molar-refractivity contribution in [2.45, 2.75) is 26.7 Å². The van der Waals surface area contributed by atoms with Gasteiger partial charge in [0.2, 0.25) is 0 Å². The highest BCUT2D eigenvalue weighted by Crippen LogP contribution is 2.23. The van der Waals surface area contributed by atoms with Gasteiger partial charge in [0.25, 0.3) is 5.91 Å². The molecule has 0 aliphatic carbocycles. The molecule has 0 atom stereocenters. The Hall–Kier alpha value is -1.40. The molecule has 0 saturated heterocycles. The minimum atomic E-state index is -0.173. The van der Waals surface area contributed by atoms with Gasteiger partial charge < -0.3 is 19.3 Å². The van der Waals surface area contributed by atoms with Crippen molar-refractivity contribution in [3.8, 4) is 0 Å².